The van der Waals surface area contributed by atoms with Gasteiger partial charge in [0.1, 0.15) is 0 Å². The standard InChI is InChI=1S/C15H23FN2O3/c1-4-18(15(19)8-12(9-17)20-2)10-11-5-6-14(21-3)13(16)7-11/h5-7,12H,4,8-10,17H2,1-3H3. The van der Waals surface area contributed by atoms with E-state index in [1.807, 2.05) is 6.92 Å². The minimum absolute atomic E-state index is 0.0639. The van der Waals surface area contributed by atoms with E-state index in [2.05, 4.69) is 0 Å². The molecule has 0 heterocycles. The Morgan fingerprint density at radius 2 is 2.14 bits per heavy atom. The van der Waals surface area contributed by atoms with Crippen LogP contribution in [-0.2, 0) is 16.1 Å². The van der Waals surface area contributed by atoms with E-state index in [9.17, 15) is 9.18 Å². The molecule has 0 fully saturated rings. The zero-order valence-corrected chi connectivity index (χ0v) is 12.8. The van der Waals surface area contributed by atoms with E-state index < -0.39 is 5.82 Å². The third kappa shape index (κ3) is 4.99. The fourth-order valence-electron chi connectivity index (χ4n) is 1.99. The molecule has 0 spiro atoms. The van der Waals surface area contributed by atoms with Crippen molar-refractivity contribution in [2.75, 3.05) is 27.3 Å². The number of benzene rings is 1. The summed E-state index contributed by atoms with van der Waals surface area (Å²) in [6, 6.07) is 4.68. The molecular formula is C15H23FN2O3. The Hall–Kier alpha value is -1.66. The number of hydrogen-bond acceptors (Lipinski definition) is 4. The van der Waals surface area contributed by atoms with E-state index in [-0.39, 0.29) is 30.7 Å². The van der Waals surface area contributed by atoms with Crippen LogP contribution in [0.25, 0.3) is 0 Å². The van der Waals surface area contributed by atoms with Gasteiger partial charge in [-0.3, -0.25) is 4.79 Å². The number of halogens is 1. The Bertz CT molecular complexity index is 464. The molecule has 1 atom stereocenters. The van der Waals surface area contributed by atoms with Gasteiger partial charge >= 0.3 is 0 Å². The zero-order chi connectivity index (χ0) is 15.8. The molecule has 0 bridgehead atoms. The van der Waals surface area contributed by atoms with Crippen LogP contribution in [-0.4, -0.2) is 44.2 Å². The van der Waals surface area contributed by atoms with Gasteiger partial charge in [-0.2, -0.15) is 0 Å². The summed E-state index contributed by atoms with van der Waals surface area (Å²) in [5.41, 5.74) is 6.23. The maximum absolute atomic E-state index is 13.7. The maximum atomic E-state index is 13.7. The number of carbonyl (C=O) groups excluding carboxylic acids is 1. The lowest BCUT2D eigenvalue weighted by Crippen LogP contribution is -2.35. The molecule has 0 saturated carbocycles. The molecule has 6 heteroatoms. The highest BCUT2D eigenvalue weighted by molar-refractivity contribution is 5.76. The van der Waals surface area contributed by atoms with Crippen molar-refractivity contribution < 1.29 is 18.7 Å². The highest BCUT2D eigenvalue weighted by atomic mass is 19.1. The van der Waals surface area contributed by atoms with Crippen LogP contribution in [0.5, 0.6) is 5.75 Å². The molecule has 1 amide bonds. The summed E-state index contributed by atoms with van der Waals surface area (Å²) >= 11 is 0. The molecule has 1 aromatic rings. The third-order valence-corrected chi connectivity index (χ3v) is 3.32. The number of amides is 1. The quantitative estimate of drug-likeness (QED) is 0.791. The Morgan fingerprint density at radius 3 is 2.62 bits per heavy atom. The van der Waals surface area contributed by atoms with Gasteiger partial charge in [-0.1, -0.05) is 6.07 Å². The first-order valence-corrected chi connectivity index (χ1v) is 6.88. The van der Waals surface area contributed by atoms with Gasteiger partial charge in [0.25, 0.3) is 0 Å². The van der Waals surface area contributed by atoms with Crippen LogP contribution in [0.2, 0.25) is 0 Å². The number of carbonyl (C=O) groups is 1. The summed E-state index contributed by atoms with van der Waals surface area (Å²) < 4.78 is 23.7. The number of nitrogens with two attached hydrogens (primary N) is 1. The minimum atomic E-state index is -0.435. The largest absolute Gasteiger partial charge is 0.494 e. The third-order valence-electron chi connectivity index (χ3n) is 3.32. The Kier molecular flexibility index (Phi) is 7.11. The number of rotatable bonds is 8. The number of methoxy groups -OCH3 is 2. The van der Waals surface area contributed by atoms with Crippen molar-refractivity contribution in [3.8, 4) is 5.75 Å². The molecule has 1 unspecified atom stereocenters. The highest BCUT2D eigenvalue weighted by Gasteiger charge is 2.17. The second-order valence-corrected chi connectivity index (χ2v) is 4.67. The van der Waals surface area contributed by atoms with Crippen LogP contribution in [0.15, 0.2) is 18.2 Å². The first-order valence-electron chi connectivity index (χ1n) is 6.88. The van der Waals surface area contributed by atoms with Crippen LogP contribution in [0.1, 0.15) is 18.9 Å². The van der Waals surface area contributed by atoms with Crippen molar-refractivity contribution >= 4 is 5.91 Å². The smallest absolute Gasteiger partial charge is 0.225 e. The SMILES string of the molecule is CCN(Cc1ccc(OC)c(F)c1)C(=O)CC(CN)OC. The van der Waals surface area contributed by atoms with E-state index in [0.717, 1.165) is 0 Å². The molecule has 0 aliphatic carbocycles. The second-order valence-electron chi connectivity index (χ2n) is 4.67. The van der Waals surface area contributed by atoms with Crippen LogP contribution < -0.4 is 10.5 Å². The van der Waals surface area contributed by atoms with E-state index in [0.29, 0.717) is 18.7 Å². The Morgan fingerprint density at radius 1 is 1.43 bits per heavy atom. The average Bonchev–Trinajstić information content (AvgIpc) is 2.50. The lowest BCUT2D eigenvalue weighted by molar-refractivity contribution is -0.134. The molecule has 1 aromatic carbocycles. The summed E-state index contributed by atoms with van der Waals surface area (Å²) in [6.07, 6.45) is -0.0707. The van der Waals surface area contributed by atoms with Crippen LogP contribution in [0.3, 0.4) is 0 Å². The van der Waals surface area contributed by atoms with Gasteiger partial charge in [0.05, 0.1) is 19.6 Å². The predicted octanol–water partition coefficient (Wildman–Crippen LogP) is 1.55. The number of hydrogen-bond donors (Lipinski definition) is 1. The van der Waals surface area contributed by atoms with Gasteiger partial charge in [0, 0.05) is 26.7 Å². The van der Waals surface area contributed by atoms with Crippen molar-refractivity contribution in [2.45, 2.75) is 26.0 Å². The molecule has 1 rings (SSSR count). The summed E-state index contributed by atoms with van der Waals surface area (Å²) in [7, 11) is 2.94. The van der Waals surface area contributed by atoms with Crippen molar-refractivity contribution in [3.63, 3.8) is 0 Å². The molecule has 0 saturated heterocycles. The molecule has 0 aliphatic rings. The molecule has 0 radical (unpaired) electrons. The minimum Gasteiger partial charge on any atom is -0.494 e. The van der Waals surface area contributed by atoms with Gasteiger partial charge in [-0.15, -0.1) is 0 Å². The molecular weight excluding hydrogens is 275 g/mol. The monoisotopic (exact) mass is 298 g/mol. The molecule has 5 nitrogen and oxygen atoms in total. The number of nitrogens with zero attached hydrogens (tertiary/aromatic N) is 1. The van der Waals surface area contributed by atoms with E-state index >= 15 is 0 Å². The van der Waals surface area contributed by atoms with Crippen LogP contribution in [0.4, 0.5) is 4.39 Å². The van der Waals surface area contributed by atoms with E-state index in [1.165, 1.54) is 20.3 Å². The lowest BCUT2D eigenvalue weighted by atomic mass is 10.1. The summed E-state index contributed by atoms with van der Waals surface area (Å²) in [5.74, 6) is -0.308. The van der Waals surface area contributed by atoms with Crippen molar-refractivity contribution in [2.24, 2.45) is 5.73 Å². The molecule has 118 valence electrons. The predicted molar refractivity (Wildman–Crippen MR) is 78.5 cm³/mol. The average molecular weight is 298 g/mol. The van der Waals surface area contributed by atoms with Gasteiger partial charge in [-0.05, 0) is 24.6 Å². The zero-order valence-electron chi connectivity index (χ0n) is 12.8. The second kappa shape index (κ2) is 8.59. The molecule has 2 N–H and O–H groups in total. The maximum Gasteiger partial charge on any atom is 0.225 e. The summed E-state index contributed by atoms with van der Waals surface area (Å²) in [4.78, 5) is 13.8. The number of ether oxygens (including phenoxy) is 2. The Balaban J connectivity index is 2.73. The van der Waals surface area contributed by atoms with Crippen molar-refractivity contribution in [1.29, 1.82) is 0 Å². The topological polar surface area (TPSA) is 64.8 Å². The highest BCUT2D eigenvalue weighted by Crippen LogP contribution is 2.19. The normalized spacial score (nSPS) is 12.0. The molecule has 0 aromatic heterocycles. The van der Waals surface area contributed by atoms with Gasteiger partial charge in [0.15, 0.2) is 11.6 Å². The van der Waals surface area contributed by atoms with Gasteiger partial charge in [0.2, 0.25) is 5.91 Å². The van der Waals surface area contributed by atoms with E-state index in [1.54, 1.807) is 17.0 Å². The summed E-state index contributed by atoms with van der Waals surface area (Å²) in [5, 5.41) is 0. The fraction of sp³-hybridized carbons (Fsp3) is 0.533. The van der Waals surface area contributed by atoms with Gasteiger partial charge in [-0.25, -0.2) is 4.39 Å². The van der Waals surface area contributed by atoms with Crippen molar-refractivity contribution in [1.82, 2.24) is 4.90 Å². The van der Waals surface area contributed by atoms with Gasteiger partial charge < -0.3 is 20.1 Å². The fourth-order valence-corrected chi connectivity index (χ4v) is 1.99. The first-order chi connectivity index (χ1) is 10.0. The lowest BCUT2D eigenvalue weighted by Gasteiger charge is -2.23. The molecule has 21 heavy (non-hydrogen) atoms. The van der Waals surface area contributed by atoms with Crippen LogP contribution in [0, 0.1) is 5.82 Å². The first kappa shape index (κ1) is 17.4. The van der Waals surface area contributed by atoms with E-state index in [4.69, 9.17) is 15.2 Å². The summed E-state index contributed by atoms with van der Waals surface area (Å²) in [6.45, 7) is 3.05. The Labute approximate surface area is 124 Å². The van der Waals surface area contributed by atoms with Crippen LogP contribution >= 0.6 is 0 Å². The molecule has 0 aliphatic heterocycles. The van der Waals surface area contributed by atoms with Crippen molar-refractivity contribution in [3.05, 3.63) is 29.6 Å².